The van der Waals surface area contributed by atoms with Gasteiger partial charge in [0.1, 0.15) is 0 Å². The molecule has 23 heavy (non-hydrogen) atoms. The van der Waals surface area contributed by atoms with E-state index in [4.69, 9.17) is 11.6 Å². The van der Waals surface area contributed by atoms with Crippen molar-refractivity contribution < 1.29 is 13.2 Å². The number of nitrogens with one attached hydrogen (secondary N) is 2. The number of hydrogen-bond acceptors (Lipinski definition) is 5. The Morgan fingerprint density at radius 2 is 2.13 bits per heavy atom. The quantitative estimate of drug-likeness (QED) is 0.814. The van der Waals surface area contributed by atoms with Gasteiger partial charge >= 0.3 is 0 Å². The Morgan fingerprint density at radius 3 is 2.74 bits per heavy atom. The first-order chi connectivity index (χ1) is 10.7. The van der Waals surface area contributed by atoms with Gasteiger partial charge in [-0.05, 0) is 25.1 Å². The van der Waals surface area contributed by atoms with Crippen LogP contribution in [0.15, 0.2) is 23.6 Å². The van der Waals surface area contributed by atoms with Crippen LogP contribution in [0.3, 0.4) is 0 Å². The molecule has 0 unspecified atom stereocenters. The predicted molar refractivity (Wildman–Crippen MR) is 92.8 cm³/mol. The van der Waals surface area contributed by atoms with Crippen molar-refractivity contribution in [2.24, 2.45) is 0 Å². The van der Waals surface area contributed by atoms with E-state index in [1.54, 1.807) is 17.4 Å². The summed E-state index contributed by atoms with van der Waals surface area (Å²) in [6, 6.07) is 4.43. The van der Waals surface area contributed by atoms with Crippen LogP contribution in [0.5, 0.6) is 0 Å². The first kappa shape index (κ1) is 17.7. The molecule has 9 heteroatoms. The van der Waals surface area contributed by atoms with Crippen LogP contribution < -0.4 is 10.0 Å². The summed E-state index contributed by atoms with van der Waals surface area (Å²) in [5.74, 6) is -0.300. The van der Waals surface area contributed by atoms with Crippen molar-refractivity contribution in [3.63, 3.8) is 0 Å². The third-order valence-electron chi connectivity index (χ3n) is 2.81. The SMILES string of the molecule is Cc1csc(CCNC(=O)c2ccc(Cl)c(NS(C)(=O)=O)c2)n1. The molecule has 2 aromatic rings. The molecular weight excluding hydrogens is 358 g/mol. The fourth-order valence-electron chi connectivity index (χ4n) is 1.85. The zero-order chi connectivity index (χ0) is 17.0. The van der Waals surface area contributed by atoms with E-state index in [-0.39, 0.29) is 16.6 Å². The van der Waals surface area contributed by atoms with Gasteiger partial charge in [-0.25, -0.2) is 13.4 Å². The first-order valence-corrected chi connectivity index (χ1v) is 9.86. The van der Waals surface area contributed by atoms with Crippen molar-refractivity contribution in [2.45, 2.75) is 13.3 Å². The second kappa shape index (κ2) is 7.29. The lowest BCUT2D eigenvalue weighted by Crippen LogP contribution is -2.25. The number of rotatable bonds is 6. The smallest absolute Gasteiger partial charge is 0.251 e. The molecule has 0 aliphatic heterocycles. The normalized spacial score (nSPS) is 11.3. The number of sulfonamides is 1. The number of carbonyl (C=O) groups excluding carboxylic acids is 1. The summed E-state index contributed by atoms with van der Waals surface area (Å²) in [4.78, 5) is 16.4. The first-order valence-electron chi connectivity index (χ1n) is 6.71. The van der Waals surface area contributed by atoms with E-state index in [0.717, 1.165) is 17.0 Å². The molecular formula is C14H16ClN3O3S2. The number of aromatic nitrogens is 1. The molecule has 2 N–H and O–H groups in total. The third-order valence-corrected chi connectivity index (χ3v) is 4.76. The number of carbonyl (C=O) groups is 1. The van der Waals surface area contributed by atoms with Crippen molar-refractivity contribution >= 4 is 44.6 Å². The molecule has 0 spiro atoms. The highest BCUT2D eigenvalue weighted by Gasteiger charge is 2.11. The van der Waals surface area contributed by atoms with Gasteiger partial charge in [0.05, 0.1) is 22.0 Å². The van der Waals surface area contributed by atoms with E-state index in [2.05, 4.69) is 15.0 Å². The van der Waals surface area contributed by atoms with Crippen LogP contribution in [-0.4, -0.2) is 32.1 Å². The summed E-state index contributed by atoms with van der Waals surface area (Å²) in [7, 11) is -3.47. The Hall–Kier alpha value is -1.64. The van der Waals surface area contributed by atoms with Gasteiger partial charge in [0.25, 0.3) is 5.91 Å². The van der Waals surface area contributed by atoms with Crippen molar-refractivity contribution in [3.8, 4) is 0 Å². The molecule has 0 saturated heterocycles. The van der Waals surface area contributed by atoms with Gasteiger partial charge in [0.2, 0.25) is 10.0 Å². The van der Waals surface area contributed by atoms with E-state index < -0.39 is 10.0 Å². The predicted octanol–water partition coefficient (Wildman–Crippen LogP) is 2.45. The third kappa shape index (κ3) is 5.49. The number of anilines is 1. The molecule has 2 rings (SSSR count). The Labute approximate surface area is 143 Å². The fourth-order valence-corrected chi connectivity index (χ4v) is 3.41. The van der Waals surface area contributed by atoms with Gasteiger partial charge in [0.15, 0.2) is 0 Å². The molecule has 0 bridgehead atoms. The van der Waals surface area contributed by atoms with Crippen molar-refractivity contribution in [1.29, 1.82) is 0 Å². The molecule has 1 heterocycles. The van der Waals surface area contributed by atoms with Crippen LogP contribution in [0.4, 0.5) is 5.69 Å². The molecule has 0 aliphatic carbocycles. The highest BCUT2D eigenvalue weighted by molar-refractivity contribution is 7.92. The molecule has 1 aromatic carbocycles. The molecule has 1 aromatic heterocycles. The maximum Gasteiger partial charge on any atom is 0.251 e. The highest BCUT2D eigenvalue weighted by atomic mass is 35.5. The van der Waals surface area contributed by atoms with Crippen molar-refractivity contribution in [2.75, 3.05) is 17.5 Å². The van der Waals surface area contributed by atoms with Crippen LogP contribution in [0, 0.1) is 6.92 Å². The minimum Gasteiger partial charge on any atom is -0.352 e. The summed E-state index contributed by atoms with van der Waals surface area (Å²) in [5, 5.41) is 5.92. The summed E-state index contributed by atoms with van der Waals surface area (Å²) in [6.07, 6.45) is 1.67. The fraction of sp³-hybridized carbons (Fsp3) is 0.286. The van der Waals surface area contributed by atoms with E-state index >= 15 is 0 Å². The number of halogens is 1. The summed E-state index contributed by atoms with van der Waals surface area (Å²) in [5.41, 5.74) is 1.47. The number of amides is 1. The highest BCUT2D eigenvalue weighted by Crippen LogP contribution is 2.23. The van der Waals surface area contributed by atoms with E-state index in [0.29, 0.717) is 18.5 Å². The zero-order valence-corrected chi connectivity index (χ0v) is 15.0. The van der Waals surface area contributed by atoms with Crippen LogP contribution in [0.25, 0.3) is 0 Å². The van der Waals surface area contributed by atoms with Crippen LogP contribution in [0.2, 0.25) is 5.02 Å². The van der Waals surface area contributed by atoms with E-state index in [1.807, 2.05) is 12.3 Å². The molecule has 6 nitrogen and oxygen atoms in total. The Morgan fingerprint density at radius 1 is 1.39 bits per heavy atom. The number of thiazole rings is 1. The van der Waals surface area contributed by atoms with Gasteiger partial charge in [0, 0.05) is 29.6 Å². The molecule has 0 saturated carbocycles. The Kier molecular flexibility index (Phi) is 5.61. The molecule has 0 atom stereocenters. The van der Waals surface area contributed by atoms with Gasteiger partial charge in [-0.15, -0.1) is 11.3 Å². The van der Waals surface area contributed by atoms with Crippen LogP contribution in [0.1, 0.15) is 21.1 Å². The standard InChI is InChI=1S/C14H16ClN3O3S2/c1-9-8-22-13(17-9)5-6-16-14(19)10-3-4-11(15)12(7-10)18-23(2,20)21/h3-4,7-8,18H,5-6H2,1-2H3,(H,16,19). The average Bonchev–Trinajstić information content (AvgIpc) is 2.85. The lowest BCUT2D eigenvalue weighted by molar-refractivity contribution is 0.0954. The summed E-state index contributed by atoms with van der Waals surface area (Å²) >= 11 is 7.48. The largest absolute Gasteiger partial charge is 0.352 e. The van der Waals surface area contributed by atoms with Crippen LogP contribution >= 0.6 is 22.9 Å². The average molecular weight is 374 g/mol. The molecule has 124 valence electrons. The lowest BCUT2D eigenvalue weighted by Gasteiger charge is -2.09. The Bertz CT molecular complexity index is 818. The van der Waals surface area contributed by atoms with Gasteiger partial charge in [-0.1, -0.05) is 11.6 Å². The summed E-state index contributed by atoms with van der Waals surface area (Å²) in [6.45, 7) is 2.37. The van der Waals surface area contributed by atoms with Crippen molar-refractivity contribution in [3.05, 3.63) is 44.9 Å². The van der Waals surface area contributed by atoms with Gasteiger partial charge < -0.3 is 5.32 Å². The number of hydrogen-bond donors (Lipinski definition) is 2. The molecule has 0 fully saturated rings. The minimum atomic E-state index is -3.47. The van der Waals surface area contributed by atoms with E-state index in [9.17, 15) is 13.2 Å². The number of benzene rings is 1. The van der Waals surface area contributed by atoms with Crippen molar-refractivity contribution in [1.82, 2.24) is 10.3 Å². The van der Waals surface area contributed by atoms with Gasteiger partial charge in [-0.3, -0.25) is 9.52 Å². The number of aryl methyl sites for hydroxylation is 1. The second-order valence-electron chi connectivity index (χ2n) is 4.96. The molecule has 1 amide bonds. The monoisotopic (exact) mass is 373 g/mol. The Balaban J connectivity index is 2.00. The minimum absolute atomic E-state index is 0.178. The molecule has 0 radical (unpaired) electrons. The van der Waals surface area contributed by atoms with Gasteiger partial charge in [-0.2, -0.15) is 0 Å². The topological polar surface area (TPSA) is 88.2 Å². The molecule has 0 aliphatic rings. The lowest BCUT2D eigenvalue weighted by atomic mass is 10.2. The summed E-state index contributed by atoms with van der Waals surface area (Å²) < 4.78 is 24.9. The number of nitrogens with zero attached hydrogens (tertiary/aromatic N) is 1. The second-order valence-corrected chi connectivity index (χ2v) is 8.06. The van der Waals surface area contributed by atoms with E-state index in [1.165, 1.54) is 12.1 Å². The maximum atomic E-state index is 12.1. The van der Waals surface area contributed by atoms with Crippen LogP contribution in [-0.2, 0) is 16.4 Å². The maximum absolute atomic E-state index is 12.1. The zero-order valence-electron chi connectivity index (χ0n) is 12.6.